The fourth-order valence-electron chi connectivity index (χ4n) is 5.47. The molecule has 0 bridgehead atoms. The third kappa shape index (κ3) is 7.43. The second-order valence-electron chi connectivity index (χ2n) is 12.6. The molecule has 0 unspecified atom stereocenters. The van der Waals surface area contributed by atoms with E-state index in [0.717, 1.165) is 31.4 Å². The van der Waals surface area contributed by atoms with Gasteiger partial charge in [-0.1, -0.05) is 32.6 Å². The number of nitrogens with one attached hydrogen (secondary N) is 3. The third-order valence-corrected chi connectivity index (χ3v) is 7.64. The summed E-state index contributed by atoms with van der Waals surface area (Å²) in [5.74, 6) is 1.32. The number of carboxylic acid groups (broad SMARTS) is 1. The van der Waals surface area contributed by atoms with Crippen LogP contribution in [0.25, 0.3) is 5.65 Å². The van der Waals surface area contributed by atoms with Gasteiger partial charge in [-0.05, 0) is 89.1 Å². The van der Waals surface area contributed by atoms with E-state index in [1.807, 2.05) is 6.07 Å². The lowest BCUT2D eigenvalue weighted by Crippen LogP contribution is -2.48. The van der Waals surface area contributed by atoms with Gasteiger partial charge in [0.1, 0.15) is 11.6 Å². The first-order valence-electron chi connectivity index (χ1n) is 14.2. The largest absolute Gasteiger partial charge is 0.465 e. The molecule has 1 atom stereocenters. The lowest BCUT2D eigenvalue weighted by atomic mass is 9.81. The number of rotatable bonds is 10. The lowest BCUT2D eigenvalue weighted by Gasteiger charge is -2.39. The molecule has 3 heterocycles. The van der Waals surface area contributed by atoms with E-state index >= 15 is 0 Å². The van der Waals surface area contributed by atoms with Gasteiger partial charge in [-0.25, -0.2) is 9.78 Å². The molecule has 0 radical (unpaired) electrons. The predicted molar refractivity (Wildman–Crippen MR) is 164 cm³/mol. The maximum Gasteiger partial charge on any atom is 0.413 e. The summed E-state index contributed by atoms with van der Waals surface area (Å²) in [6.45, 7) is 17.4. The van der Waals surface area contributed by atoms with Gasteiger partial charge in [0, 0.05) is 28.4 Å². The Morgan fingerprint density at radius 2 is 2.07 bits per heavy atom. The number of carbonyl (C=O) groups is 2. The van der Waals surface area contributed by atoms with Crippen LogP contribution in [0.1, 0.15) is 77.8 Å². The molecular formula is C31H43N7O3. The molecule has 4 rings (SSSR count). The van der Waals surface area contributed by atoms with Crippen LogP contribution in [0.15, 0.2) is 49.2 Å². The van der Waals surface area contributed by atoms with E-state index < -0.39 is 6.09 Å². The van der Waals surface area contributed by atoms with Gasteiger partial charge in [-0.2, -0.15) is 9.61 Å². The monoisotopic (exact) mass is 561 g/mol. The van der Waals surface area contributed by atoms with Crippen molar-refractivity contribution in [2.75, 3.05) is 22.1 Å². The van der Waals surface area contributed by atoms with Crippen molar-refractivity contribution in [2.45, 2.75) is 84.3 Å². The van der Waals surface area contributed by atoms with Crippen molar-refractivity contribution in [1.29, 1.82) is 0 Å². The summed E-state index contributed by atoms with van der Waals surface area (Å²) in [7, 11) is 0. The number of benzene rings is 1. The van der Waals surface area contributed by atoms with Crippen molar-refractivity contribution in [2.24, 2.45) is 5.92 Å². The minimum atomic E-state index is -1.12. The molecule has 0 aliphatic carbocycles. The molecule has 2 amide bonds. The van der Waals surface area contributed by atoms with Crippen molar-refractivity contribution in [3.8, 4) is 0 Å². The molecule has 1 saturated heterocycles. The minimum Gasteiger partial charge on any atom is -0.465 e. The van der Waals surface area contributed by atoms with Crippen LogP contribution in [-0.4, -0.2) is 49.3 Å². The Kier molecular flexibility index (Phi) is 8.72. The van der Waals surface area contributed by atoms with Gasteiger partial charge in [-0.15, -0.1) is 0 Å². The quantitative estimate of drug-likeness (QED) is 0.223. The van der Waals surface area contributed by atoms with Gasteiger partial charge in [0.05, 0.1) is 12.7 Å². The van der Waals surface area contributed by atoms with Crippen LogP contribution in [0.3, 0.4) is 0 Å². The molecule has 1 fully saturated rings. The molecule has 2 aromatic heterocycles. The summed E-state index contributed by atoms with van der Waals surface area (Å²) >= 11 is 0. The van der Waals surface area contributed by atoms with Crippen molar-refractivity contribution < 1.29 is 14.7 Å². The van der Waals surface area contributed by atoms with E-state index in [0.29, 0.717) is 34.5 Å². The standard InChI is InChI=1S/C31H43N7O3/c1-8-26(39)34-23-11-9-10-21(14-23)19-37(29(40)41)27-15-25(35-28-24(20(2)3)18-33-38(27)28)36-31(6,7)16-22-12-13-30(4,5)32-17-22/h8-11,14-15,18,20,22,32H,1,12-13,16-17,19H2,2-7H3,(H,34,39)(H,35,36)(H,40,41)/t22-/m1/s1. The van der Waals surface area contributed by atoms with Crippen LogP contribution in [0, 0.1) is 5.92 Å². The first kappa shape index (κ1) is 30.0. The number of nitrogens with zero attached hydrogens (tertiary/aromatic N) is 4. The molecule has 4 N–H and O–H groups in total. The minimum absolute atomic E-state index is 0.0511. The van der Waals surface area contributed by atoms with Crippen molar-refractivity contribution in [1.82, 2.24) is 19.9 Å². The van der Waals surface area contributed by atoms with Crippen molar-refractivity contribution in [3.63, 3.8) is 0 Å². The second kappa shape index (κ2) is 11.9. The summed E-state index contributed by atoms with van der Waals surface area (Å²) in [6, 6.07) is 8.85. The molecule has 1 aliphatic heterocycles. The highest BCUT2D eigenvalue weighted by Gasteiger charge is 2.31. The zero-order chi connectivity index (χ0) is 29.9. The van der Waals surface area contributed by atoms with E-state index in [-0.39, 0.29) is 29.4 Å². The molecule has 220 valence electrons. The number of hydrogen-bond donors (Lipinski definition) is 4. The molecule has 41 heavy (non-hydrogen) atoms. The van der Waals surface area contributed by atoms with E-state index in [1.54, 1.807) is 35.0 Å². The van der Waals surface area contributed by atoms with E-state index in [1.165, 1.54) is 11.0 Å². The van der Waals surface area contributed by atoms with Crippen LogP contribution in [-0.2, 0) is 11.3 Å². The summed E-state index contributed by atoms with van der Waals surface area (Å²) in [6.07, 6.45) is 5.05. The summed E-state index contributed by atoms with van der Waals surface area (Å²) < 4.78 is 1.60. The number of fused-ring (bicyclic) bond motifs is 1. The summed E-state index contributed by atoms with van der Waals surface area (Å²) in [4.78, 5) is 30.6. The van der Waals surface area contributed by atoms with Crippen LogP contribution in [0.5, 0.6) is 0 Å². The zero-order valence-corrected chi connectivity index (χ0v) is 25.0. The van der Waals surface area contributed by atoms with Crippen LogP contribution >= 0.6 is 0 Å². The number of anilines is 3. The molecule has 10 nitrogen and oxygen atoms in total. The average molecular weight is 562 g/mol. The zero-order valence-electron chi connectivity index (χ0n) is 25.0. The Morgan fingerprint density at radius 1 is 1.32 bits per heavy atom. The molecule has 0 spiro atoms. The van der Waals surface area contributed by atoms with E-state index in [9.17, 15) is 14.7 Å². The van der Waals surface area contributed by atoms with Crippen molar-refractivity contribution >= 4 is 35.0 Å². The number of aromatic nitrogens is 3. The highest BCUT2D eigenvalue weighted by molar-refractivity contribution is 5.98. The lowest BCUT2D eigenvalue weighted by molar-refractivity contribution is -0.111. The normalized spacial score (nSPS) is 16.9. The van der Waals surface area contributed by atoms with Gasteiger partial charge in [0.25, 0.3) is 0 Å². The molecule has 1 aromatic carbocycles. The Bertz CT molecular complexity index is 1420. The Balaban J connectivity index is 1.67. The molecule has 0 saturated carbocycles. The van der Waals surface area contributed by atoms with Crippen molar-refractivity contribution in [3.05, 3.63) is 60.3 Å². The maximum atomic E-state index is 12.7. The molecular weight excluding hydrogens is 518 g/mol. The number of amides is 2. The molecule has 1 aliphatic rings. The van der Waals surface area contributed by atoms with E-state index in [2.05, 4.69) is 69.2 Å². The fourth-order valence-corrected chi connectivity index (χ4v) is 5.47. The first-order chi connectivity index (χ1) is 19.3. The highest BCUT2D eigenvalue weighted by Crippen LogP contribution is 2.32. The second-order valence-corrected chi connectivity index (χ2v) is 12.6. The topological polar surface area (TPSA) is 124 Å². The fraction of sp³-hybridized carbons (Fsp3) is 0.484. The van der Waals surface area contributed by atoms with Gasteiger partial charge in [-0.3, -0.25) is 9.69 Å². The highest BCUT2D eigenvalue weighted by atomic mass is 16.4. The van der Waals surface area contributed by atoms with Gasteiger partial charge >= 0.3 is 6.09 Å². The van der Waals surface area contributed by atoms with Crippen LogP contribution in [0.4, 0.5) is 22.1 Å². The Morgan fingerprint density at radius 3 is 2.71 bits per heavy atom. The third-order valence-electron chi connectivity index (χ3n) is 7.64. The smallest absolute Gasteiger partial charge is 0.413 e. The molecule has 10 heteroatoms. The van der Waals surface area contributed by atoms with Gasteiger partial charge in [0.15, 0.2) is 5.65 Å². The SMILES string of the molecule is C=CC(=O)Nc1cccc(CN(C(=O)O)c2cc(NC(C)(C)C[C@H]3CCC(C)(C)NC3)nc3c(C(C)C)cnn23)c1. The van der Waals surface area contributed by atoms with Crippen LogP contribution < -0.4 is 20.9 Å². The number of hydrogen-bond acceptors (Lipinski definition) is 6. The molecule has 3 aromatic rings. The maximum absolute atomic E-state index is 12.7. The summed E-state index contributed by atoms with van der Waals surface area (Å²) in [5, 5.41) is 24.9. The van der Waals surface area contributed by atoms with Gasteiger partial charge in [0.2, 0.25) is 5.91 Å². The van der Waals surface area contributed by atoms with E-state index in [4.69, 9.17) is 4.98 Å². The number of carbonyl (C=O) groups excluding carboxylic acids is 1. The summed E-state index contributed by atoms with van der Waals surface area (Å²) in [5.41, 5.74) is 2.71. The Labute approximate surface area is 242 Å². The van der Waals surface area contributed by atoms with Gasteiger partial charge < -0.3 is 21.1 Å². The average Bonchev–Trinajstić information content (AvgIpc) is 3.32. The first-order valence-corrected chi connectivity index (χ1v) is 14.2. The number of piperidine rings is 1. The predicted octanol–water partition coefficient (Wildman–Crippen LogP) is 6.02. The van der Waals surface area contributed by atoms with Crippen LogP contribution in [0.2, 0.25) is 0 Å². The Hall–Kier alpha value is -3.92.